The Morgan fingerprint density at radius 1 is 0.964 bits per heavy atom. The highest BCUT2D eigenvalue weighted by Gasteiger charge is 2.64. The number of carboxylic acid groups (broad SMARTS) is 1. The summed E-state index contributed by atoms with van der Waals surface area (Å²) in [5, 5.41) is 107. The van der Waals surface area contributed by atoms with Crippen LogP contribution in [0.15, 0.2) is 36.5 Å². The molecule has 298 valence electrons. The number of aliphatic carboxylic acids is 1. The molecule has 0 radical (unpaired) electrons. The summed E-state index contributed by atoms with van der Waals surface area (Å²) >= 11 is 0. The summed E-state index contributed by atoms with van der Waals surface area (Å²) in [5.41, 5.74) is -4.29. The van der Waals surface area contributed by atoms with Crippen molar-refractivity contribution in [3.05, 3.63) is 64.5 Å². The van der Waals surface area contributed by atoms with Crippen molar-refractivity contribution in [2.24, 2.45) is 0 Å². The predicted molar refractivity (Wildman–Crippen MR) is 182 cm³/mol. The van der Waals surface area contributed by atoms with Crippen LogP contribution in [0.1, 0.15) is 53.8 Å². The normalized spacial score (nSPS) is 33.8. The number of ketones is 1. The third-order valence-electron chi connectivity index (χ3n) is 10.3. The summed E-state index contributed by atoms with van der Waals surface area (Å²) < 4.78 is 28.5. The number of phenolic OH excluding ortho intramolecular Hbond substituents is 3. The summed E-state index contributed by atoms with van der Waals surface area (Å²) in [7, 11) is 0. The highest BCUT2D eigenvalue weighted by molar-refractivity contribution is 6.04. The molecule has 5 heterocycles. The number of nitrogens with zero attached hydrogens (tertiary/aromatic N) is 1. The highest BCUT2D eigenvalue weighted by atomic mass is 16.8. The van der Waals surface area contributed by atoms with Gasteiger partial charge in [0.2, 0.25) is 18.2 Å². The van der Waals surface area contributed by atoms with Crippen molar-refractivity contribution in [2.75, 3.05) is 0 Å². The molecule has 2 saturated heterocycles. The number of hydrogen-bond acceptors (Lipinski definition) is 16. The molecule has 4 aliphatic heterocycles. The van der Waals surface area contributed by atoms with Crippen LogP contribution in [0, 0.1) is 11.8 Å². The van der Waals surface area contributed by atoms with Crippen LogP contribution in [0.2, 0.25) is 0 Å². The Kier molecular flexibility index (Phi) is 9.88. The molecule has 19 heteroatoms. The monoisotopic (exact) mass is 783 g/mol. The standard InChI is InChI=1S/C37H36NO18/c1-2-16-8-14(13-38-16)9-17-22(12-23-24(25(17)42)20(41)11-21(52-23)15-4-5-18(39)19(40)10-15)53-32-28(45)27(44)31(48)37(56-32)7-3-6-36(34(49)50)30(47)26(43)29(46)33(55-36)54-35(37)51/h4-5,8,10,12-13,21,26-33,39-40,43-48H,2,7,9,11H2,1H3,(H,41,42)(H,49,50)/q-1/p+1/t21?,26-,27-,28-,29-,30+,31+,32+,33+,36+,37+/m1/s1. The molecule has 0 aliphatic carbocycles. The van der Waals surface area contributed by atoms with Gasteiger partial charge in [-0.25, -0.2) is 9.59 Å². The fourth-order valence-corrected chi connectivity index (χ4v) is 7.09. The zero-order valence-electron chi connectivity index (χ0n) is 29.2. The van der Waals surface area contributed by atoms with Crippen molar-refractivity contribution in [1.29, 1.82) is 0 Å². The molecule has 1 spiro atoms. The molecule has 0 amide bonds. The third-order valence-corrected chi connectivity index (χ3v) is 10.3. The van der Waals surface area contributed by atoms with Gasteiger partial charge in [-0.2, -0.15) is 11.9 Å². The van der Waals surface area contributed by atoms with E-state index in [1.807, 2.05) is 6.92 Å². The van der Waals surface area contributed by atoms with Crippen molar-refractivity contribution >= 4 is 17.7 Å². The maximum atomic E-state index is 13.9. The Labute approximate surface area is 315 Å². The zero-order chi connectivity index (χ0) is 40.4. The van der Waals surface area contributed by atoms with Crippen LogP contribution >= 0.6 is 0 Å². The Bertz CT molecular complexity index is 2140. The van der Waals surface area contributed by atoms with Crippen molar-refractivity contribution in [3.63, 3.8) is 0 Å². The zero-order valence-corrected chi connectivity index (χ0v) is 29.2. The van der Waals surface area contributed by atoms with E-state index in [1.165, 1.54) is 30.5 Å². The third kappa shape index (κ3) is 6.25. The Balaban J connectivity index is 1.30. The molecule has 7 rings (SSSR count). The summed E-state index contributed by atoms with van der Waals surface area (Å²) in [6.45, 7) is 1.88. The molecule has 11 N–H and O–H groups in total. The second kappa shape index (κ2) is 14.3. The van der Waals surface area contributed by atoms with Gasteiger partial charge in [-0.05, 0) is 17.7 Å². The Morgan fingerprint density at radius 2 is 1.70 bits per heavy atom. The fourth-order valence-electron chi connectivity index (χ4n) is 7.09. The topological polar surface area (TPSA) is 318 Å². The summed E-state index contributed by atoms with van der Waals surface area (Å²) in [4.78, 5) is 41.7. The number of rotatable bonds is 7. The molecular weight excluding hydrogens is 746 g/mol. The Morgan fingerprint density at radius 3 is 2.38 bits per heavy atom. The summed E-state index contributed by atoms with van der Waals surface area (Å²) in [6, 6.07) is 6.83. The molecular formula is C37H37NO18. The number of carbonyl (C=O) groups excluding carboxylic acids is 2. The first kappa shape index (κ1) is 38.8. The van der Waals surface area contributed by atoms with E-state index < -0.39 is 102 Å². The molecule has 3 aromatic rings. The van der Waals surface area contributed by atoms with E-state index in [4.69, 9.17) is 23.7 Å². The van der Waals surface area contributed by atoms with Gasteiger partial charge in [-0.15, -0.1) is 0 Å². The van der Waals surface area contributed by atoms with Crippen LogP contribution in [0.5, 0.6) is 28.7 Å². The molecule has 2 aromatic carbocycles. The van der Waals surface area contributed by atoms with E-state index in [-0.39, 0.29) is 41.3 Å². The number of aryl methyl sites for hydroxylation is 1. The van der Waals surface area contributed by atoms with Gasteiger partial charge >= 0.3 is 17.7 Å². The molecule has 0 saturated carbocycles. The average Bonchev–Trinajstić information content (AvgIpc) is 3.64. The number of benzene rings is 2. The molecule has 11 atom stereocenters. The van der Waals surface area contributed by atoms with E-state index in [0.717, 1.165) is 0 Å². The number of aromatic hydroxyl groups is 3. The van der Waals surface area contributed by atoms with Gasteiger partial charge in [0.1, 0.15) is 66.4 Å². The maximum absolute atomic E-state index is 13.9. The van der Waals surface area contributed by atoms with Gasteiger partial charge in [0.15, 0.2) is 17.1 Å². The second-order valence-corrected chi connectivity index (χ2v) is 13.8. The summed E-state index contributed by atoms with van der Waals surface area (Å²) in [6.07, 6.45) is -18.2. The van der Waals surface area contributed by atoms with Crippen LogP contribution in [-0.4, -0.2) is 134 Å². The van der Waals surface area contributed by atoms with E-state index >= 15 is 0 Å². The lowest BCUT2D eigenvalue weighted by atomic mass is 9.83. The molecule has 4 aliphatic rings. The van der Waals surface area contributed by atoms with E-state index in [2.05, 4.69) is 16.8 Å². The second-order valence-electron chi connectivity index (χ2n) is 13.8. The number of esters is 1. The molecule has 1 unspecified atom stereocenters. The quantitative estimate of drug-likeness (QED) is 0.0541. The number of aliphatic hydroxyl groups excluding tert-OH is 6. The molecule has 2 fully saturated rings. The van der Waals surface area contributed by atoms with Gasteiger partial charge < -0.3 is 79.7 Å². The van der Waals surface area contributed by atoms with Gasteiger partial charge in [-0.1, -0.05) is 42.9 Å². The van der Waals surface area contributed by atoms with Crippen LogP contribution in [0.25, 0.3) is 0 Å². The number of hydrogen-bond donors (Lipinski definition) is 10. The number of fused-ring (bicyclic) bond motifs is 3. The lowest BCUT2D eigenvalue weighted by Gasteiger charge is -2.47. The number of phenols is 3. The van der Waals surface area contributed by atoms with Gasteiger partial charge in [0.25, 0.3) is 5.60 Å². The number of carboxylic acids is 1. The highest BCUT2D eigenvalue weighted by Crippen LogP contribution is 2.47. The van der Waals surface area contributed by atoms with E-state index in [9.17, 15) is 65.4 Å². The molecule has 19 nitrogen and oxygen atoms in total. The van der Waals surface area contributed by atoms with Gasteiger partial charge in [-0.3, -0.25) is 4.79 Å². The number of aromatic nitrogens is 1. The van der Waals surface area contributed by atoms with Crippen molar-refractivity contribution in [1.82, 2.24) is 4.98 Å². The molecule has 2 bridgehead atoms. The average molecular weight is 784 g/mol. The SMILES string of the molecule is CCc1cc(Cc2c(O[C@H]3O[C@@]4(CC#C[C@]5(C(=O)O)O[C@H](OC4=O)[C@H](O)[C@@H](O)[C@@H]5O)[C@@H](O)[C@H](O)[C@H]3O)cc3c(c2O)C(=[OH+])CC(c2ccc(O)c(O)c2)O3)c[n-]1. The predicted octanol–water partition coefficient (Wildman–Crippen LogP) is -1.90. The van der Waals surface area contributed by atoms with Crippen molar-refractivity contribution < 1.29 is 89.1 Å². The van der Waals surface area contributed by atoms with Crippen LogP contribution in [0.3, 0.4) is 0 Å². The minimum Gasteiger partial charge on any atom is -0.667 e. The van der Waals surface area contributed by atoms with Crippen molar-refractivity contribution in [2.45, 2.75) is 99.1 Å². The maximum Gasteiger partial charge on any atom is 0.351 e. The largest absolute Gasteiger partial charge is 0.667 e. The first-order chi connectivity index (χ1) is 26.5. The molecule has 1 aromatic heterocycles. The van der Waals surface area contributed by atoms with Crippen LogP contribution < -0.4 is 14.5 Å². The number of carbonyl (C=O) groups is 2. The van der Waals surface area contributed by atoms with Crippen molar-refractivity contribution in [3.8, 4) is 40.6 Å². The van der Waals surface area contributed by atoms with Crippen LogP contribution in [0.4, 0.5) is 0 Å². The minimum atomic E-state index is -2.94. The smallest absolute Gasteiger partial charge is 0.351 e. The molecule has 56 heavy (non-hydrogen) atoms. The lowest BCUT2D eigenvalue weighted by Crippen LogP contribution is -2.70. The van der Waals surface area contributed by atoms with Gasteiger partial charge in [0, 0.05) is 18.1 Å². The number of ether oxygens (including phenoxy) is 5. The van der Waals surface area contributed by atoms with E-state index in [1.54, 1.807) is 6.07 Å². The fraction of sp³-hybridized carbons (Fsp3) is 0.432. The van der Waals surface area contributed by atoms with E-state index in [0.29, 0.717) is 23.2 Å². The number of aliphatic hydroxyl groups is 6. The van der Waals surface area contributed by atoms with Crippen LogP contribution in [-0.2, 0) is 36.6 Å². The minimum absolute atomic E-state index is 0.0197. The lowest BCUT2D eigenvalue weighted by molar-refractivity contribution is -0.329. The Hall–Kier alpha value is -5.43. The van der Waals surface area contributed by atoms with Gasteiger partial charge in [0.05, 0.1) is 6.42 Å². The summed E-state index contributed by atoms with van der Waals surface area (Å²) in [5.74, 6) is -1.35. The first-order valence-electron chi connectivity index (χ1n) is 17.3. The first-order valence-corrected chi connectivity index (χ1v) is 17.3.